The molecule has 4 heterocycles. The van der Waals surface area contributed by atoms with Crippen molar-refractivity contribution in [2.24, 2.45) is 0 Å². The van der Waals surface area contributed by atoms with Crippen molar-refractivity contribution in [2.45, 2.75) is 25.3 Å². The molecule has 0 amide bonds. The largest absolute Gasteiger partial charge is 0.383 e. The lowest BCUT2D eigenvalue weighted by Gasteiger charge is -2.33. The summed E-state index contributed by atoms with van der Waals surface area (Å²) in [5.41, 5.74) is 1.62. The molecule has 3 aromatic heterocycles. The number of hydrogen-bond acceptors (Lipinski definition) is 6. The van der Waals surface area contributed by atoms with Gasteiger partial charge < -0.3 is 19.2 Å². The molecule has 0 radical (unpaired) electrons. The van der Waals surface area contributed by atoms with Gasteiger partial charge in [-0.15, -0.1) is 0 Å². The van der Waals surface area contributed by atoms with E-state index in [1.807, 2.05) is 12.4 Å². The van der Waals surface area contributed by atoms with Crippen molar-refractivity contribution in [1.82, 2.24) is 29.5 Å². The Morgan fingerprint density at radius 2 is 2.25 bits per heavy atom. The maximum Gasteiger partial charge on any atom is 0.182 e. The van der Waals surface area contributed by atoms with Gasteiger partial charge in [-0.05, 0) is 12.8 Å². The molecule has 1 saturated heterocycles. The highest BCUT2D eigenvalue weighted by atomic mass is 16.5. The minimum atomic E-state index is 0.388. The lowest BCUT2D eigenvalue weighted by atomic mass is 9.97. The van der Waals surface area contributed by atoms with Gasteiger partial charge in [0, 0.05) is 45.1 Å². The van der Waals surface area contributed by atoms with E-state index in [1.165, 1.54) is 0 Å². The van der Waals surface area contributed by atoms with E-state index in [0.29, 0.717) is 18.2 Å². The number of aromatic amines is 1. The van der Waals surface area contributed by atoms with Crippen molar-refractivity contribution >= 4 is 17.0 Å². The molecule has 0 aliphatic carbocycles. The molecule has 0 saturated carbocycles. The molecule has 1 aliphatic rings. The normalized spacial score (nSPS) is 18.4. The number of rotatable bonds is 5. The SMILES string of the molecule is COCCn1ccnc1[C@@H]1CCCN(c2ncnc3nc[nH]c23)C1. The molecule has 0 aromatic carbocycles. The van der Waals surface area contributed by atoms with Crippen LogP contribution >= 0.6 is 0 Å². The van der Waals surface area contributed by atoms with Crippen LogP contribution < -0.4 is 4.90 Å². The van der Waals surface area contributed by atoms with Crippen LogP contribution in [-0.4, -0.2) is 56.3 Å². The molecule has 1 atom stereocenters. The molecule has 8 heteroatoms. The first-order valence-corrected chi connectivity index (χ1v) is 8.26. The number of methoxy groups -OCH3 is 1. The quantitative estimate of drug-likeness (QED) is 0.766. The Kier molecular flexibility index (Phi) is 4.12. The van der Waals surface area contributed by atoms with E-state index in [1.54, 1.807) is 19.8 Å². The Morgan fingerprint density at radius 3 is 3.17 bits per heavy atom. The van der Waals surface area contributed by atoms with Crippen LogP contribution in [0.2, 0.25) is 0 Å². The van der Waals surface area contributed by atoms with Gasteiger partial charge in [0.2, 0.25) is 0 Å². The molecule has 24 heavy (non-hydrogen) atoms. The van der Waals surface area contributed by atoms with E-state index in [2.05, 4.69) is 34.4 Å². The molecule has 3 aromatic rings. The highest BCUT2D eigenvalue weighted by Gasteiger charge is 2.26. The number of hydrogen-bond donors (Lipinski definition) is 1. The fourth-order valence-electron chi connectivity index (χ4n) is 3.43. The zero-order valence-corrected chi connectivity index (χ0v) is 13.7. The van der Waals surface area contributed by atoms with Crippen molar-refractivity contribution in [3.05, 3.63) is 30.9 Å². The number of ether oxygens (including phenoxy) is 1. The van der Waals surface area contributed by atoms with Crippen LogP contribution in [0.5, 0.6) is 0 Å². The lowest BCUT2D eigenvalue weighted by Crippen LogP contribution is -2.36. The third kappa shape index (κ3) is 2.73. The van der Waals surface area contributed by atoms with Gasteiger partial charge in [0.15, 0.2) is 11.5 Å². The molecule has 0 unspecified atom stereocenters. The number of aromatic nitrogens is 6. The number of anilines is 1. The summed E-state index contributed by atoms with van der Waals surface area (Å²) in [5.74, 6) is 2.45. The number of H-pyrrole nitrogens is 1. The average Bonchev–Trinajstić information content (AvgIpc) is 3.28. The van der Waals surface area contributed by atoms with Crippen molar-refractivity contribution in [3.63, 3.8) is 0 Å². The van der Waals surface area contributed by atoms with E-state index in [4.69, 9.17) is 4.74 Å². The summed E-state index contributed by atoms with van der Waals surface area (Å²) in [6.07, 6.45) is 9.41. The van der Waals surface area contributed by atoms with Crippen LogP contribution in [0.4, 0.5) is 5.82 Å². The molecule has 4 rings (SSSR count). The first kappa shape index (κ1) is 15.1. The Labute approximate surface area is 139 Å². The van der Waals surface area contributed by atoms with Gasteiger partial charge in [-0.3, -0.25) is 0 Å². The van der Waals surface area contributed by atoms with Gasteiger partial charge in [0.25, 0.3) is 0 Å². The smallest absolute Gasteiger partial charge is 0.182 e. The maximum absolute atomic E-state index is 5.20. The third-order valence-electron chi connectivity index (χ3n) is 4.57. The van der Waals surface area contributed by atoms with Gasteiger partial charge in [0.1, 0.15) is 17.7 Å². The van der Waals surface area contributed by atoms with Crippen molar-refractivity contribution < 1.29 is 4.74 Å². The summed E-state index contributed by atoms with van der Waals surface area (Å²) in [7, 11) is 1.73. The van der Waals surface area contributed by atoms with Crippen LogP contribution in [0.3, 0.4) is 0 Å². The topological polar surface area (TPSA) is 84.8 Å². The van der Waals surface area contributed by atoms with Crippen LogP contribution in [0.15, 0.2) is 25.0 Å². The van der Waals surface area contributed by atoms with E-state index in [0.717, 1.165) is 49.6 Å². The summed E-state index contributed by atoms with van der Waals surface area (Å²) in [6, 6.07) is 0. The monoisotopic (exact) mass is 327 g/mol. The van der Waals surface area contributed by atoms with Crippen molar-refractivity contribution in [1.29, 1.82) is 0 Å². The molecular formula is C16H21N7O. The van der Waals surface area contributed by atoms with Gasteiger partial charge in [-0.1, -0.05) is 0 Å². The van der Waals surface area contributed by atoms with Gasteiger partial charge in [-0.2, -0.15) is 0 Å². The first-order chi connectivity index (χ1) is 11.9. The van der Waals surface area contributed by atoms with E-state index < -0.39 is 0 Å². The average molecular weight is 327 g/mol. The first-order valence-electron chi connectivity index (χ1n) is 8.26. The molecular weight excluding hydrogens is 306 g/mol. The van der Waals surface area contributed by atoms with Crippen LogP contribution in [-0.2, 0) is 11.3 Å². The predicted molar refractivity (Wildman–Crippen MR) is 90.0 cm³/mol. The highest BCUT2D eigenvalue weighted by Crippen LogP contribution is 2.30. The molecule has 0 bridgehead atoms. The summed E-state index contributed by atoms with van der Waals surface area (Å²) < 4.78 is 7.40. The second-order valence-electron chi connectivity index (χ2n) is 6.06. The summed E-state index contributed by atoms with van der Waals surface area (Å²) >= 11 is 0. The number of fused-ring (bicyclic) bond motifs is 1. The summed E-state index contributed by atoms with van der Waals surface area (Å²) in [5, 5.41) is 0. The van der Waals surface area contributed by atoms with Gasteiger partial charge in [0.05, 0.1) is 12.9 Å². The molecule has 126 valence electrons. The van der Waals surface area contributed by atoms with Crippen LogP contribution in [0.25, 0.3) is 11.2 Å². The van der Waals surface area contributed by atoms with Gasteiger partial charge >= 0.3 is 0 Å². The zero-order chi connectivity index (χ0) is 16.4. The predicted octanol–water partition coefficient (Wildman–Crippen LogP) is 1.58. The third-order valence-corrected chi connectivity index (χ3v) is 4.57. The Morgan fingerprint density at radius 1 is 1.29 bits per heavy atom. The highest BCUT2D eigenvalue weighted by molar-refractivity contribution is 5.82. The molecule has 1 N–H and O–H groups in total. The van der Waals surface area contributed by atoms with E-state index in [9.17, 15) is 0 Å². The standard InChI is InChI=1S/C16H21N7O/c1-24-8-7-22-6-4-17-15(22)12-3-2-5-23(9-12)16-13-14(19-10-18-13)20-11-21-16/h4,6,10-12H,2-3,5,7-9H2,1H3,(H,18,19,20,21)/t12-/m1/s1. The number of imidazole rings is 2. The second-order valence-corrected chi connectivity index (χ2v) is 6.06. The van der Waals surface area contributed by atoms with Crippen molar-refractivity contribution in [2.75, 3.05) is 31.7 Å². The molecule has 1 aliphatic heterocycles. The van der Waals surface area contributed by atoms with Crippen molar-refractivity contribution in [3.8, 4) is 0 Å². The number of nitrogens with one attached hydrogen (secondary N) is 1. The second kappa shape index (κ2) is 6.56. The number of piperidine rings is 1. The van der Waals surface area contributed by atoms with Crippen LogP contribution in [0.1, 0.15) is 24.6 Å². The lowest BCUT2D eigenvalue weighted by molar-refractivity contribution is 0.185. The minimum absolute atomic E-state index is 0.388. The maximum atomic E-state index is 5.20. The molecule has 0 spiro atoms. The van der Waals surface area contributed by atoms with Crippen LogP contribution in [0, 0.1) is 0 Å². The summed E-state index contributed by atoms with van der Waals surface area (Å²) in [4.78, 5) is 23.0. The minimum Gasteiger partial charge on any atom is -0.383 e. The Hall–Kier alpha value is -2.48. The summed E-state index contributed by atoms with van der Waals surface area (Å²) in [6.45, 7) is 3.41. The Balaban J connectivity index is 1.58. The molecule has 8 nitrogen and oxygen atoms in total. The van der Waals surface area contributed by atoms with E-state index in [-0.39, 0.29) is 0 Å². The fraction of sp³-hybridized carbons (Fsp3) is 0.500. The molecule has 1 fully saturated rings. The van der Waals surface area contributed by atoms with E-state index >= 15 is 0 Å². The zero-order valence-electron chi connectivity index (χ0n) is 13.7. The fourth-order valence-corrected chi connectivity index (χ4v) is 3.43. The van der Waals surface area contributed by atoms with Gasteiger partial charge in [-0.25, -0.2) is 19.9 Å². The number of nitrogens with zero attached hydrogens (tertiary/aromatic N) is 6. The Bertz CT molecular complexity index is 811.